The van der Waals surface area contributed by atoms with E-state index >= 15 is 0 Å². The molecule has 31 heteroatoms. The number of aliphatic hydroxyl groups excluding tert-OH is 1. The van der Waals surface area contributed by atoms with Gasteiger partial charge in [0.05, 0.1) is 30.1 Å². The van der Waals surface area contributed by atoms with Crippen molar-refractivity contribution >= 4 is 91.7 Å². The topological polar surface area (TPSA) is 382 Å². The second kappa shape index (κ2) is 21.7. The van der Waals surface area contributed by atoms with Crippen LogP contribution in [0.25, 0.3) is 27.9 Å². The van der Waals surface area contributed by atoms with Crippen LogP contribution in [-0.4, -0.2) is 129 Å². The number of phosphoric ester groups is 1. The molecule has 6 heterocycles. The van der Waals surface area contributed by atoms with Gasteiger partial charge in [0, 0.05) is 78.3 Å². The van der Waals surface area contributed by atoms with Gasteiger partial charge in [-0.3, -0.25) is 23.7 Å². The van der Waals surface area contributed by atoms with E-state index in [1.807, 2.05) is 38.1 Å². The van der Waals surface area contributed by atoms with Gasteiger partial charge in [-0.1, -0.05) is 6.08 Å². The summed E-state index contributed by atoms with van der Waals surface area (Å²) < 4.78 is 59.0. The van der Waals surface area contributed by atoms with E-state index in [0.29, 0.717) is 40.9 Å². The Hall–Kier alpha value is -6.48. The largest absolute Gasteiger partial charge is 0.488 e. The predicted octanol–water partition coefficient (Wildman–Crippen LogP) is 3.72. The Kier molecular flexibility index (Phi) is 15.8. The lowest BCUT2D eigenvalue weighted by Gasteiger charge is -2.43. The van der Waals surface area contributed by atoms with E-state index in [2.05, 4.69) is 109 Å². The molecule has 6 atom stereocenters. The summed E-state index contributed by atoms with van der Waals surface area (Å²) in [5, 5.41) is 28.9. The standard InChI is InChI=1S/C50H58N9O18P3S/c1-9-58-33-18-35-31(16-28(33)24(3)20-49(58,5)6)38(32-17-29-25(4)21-50(7,8)59(10-2)34(29)19-36(32)73-35)30-15-26(11-12-27(30)46(63)64)43(61)52-13-14-53-48(65)75-41-40(60)37(22-72-78(66,67)76-79(68,69)77-80(70,71)81)74-45(41)57-23-54-39-42(57)55-47(51)56-44(39)62/h11-12,15-21,23,37,40-41,45,60H,9-10,13-14,22H2,1-8H3,(H9-,51,52,53,55,56,61,62,63,64,65,66,67,68,69,70,71,81)/p+1/t37-,40-,41-,45-/m1/s1. The van der Waals surface area contributed by atoms with E-state index in [4.69, 9.17) is 24.5 Å². The molecule has 4 aliphatic heterocycles. The average Bonchev–Trinajstić information content (AvgIpc) is 3.99. The number of rotatable bonds is 17. The zero-order valence-electron chi connectivity index (χ0n) is 44.8. The van der Waals surface area contributed by atoms with Crippen molar-refractivity contribution in [2.24, 2.45) is 0 Å². The summed E-state index contributed by atoms with van der Waals surface area (Å²) in [6, 6.07) is 12.3. The summed E-state index contributed by atoms with van der Waals surface area (Å²) in [4.78, 5) is 104. The Labute approximate surface area is 466 Å². The molecular formula is C50H59N9O18P3S+. The number of carbonyl (C=O) groups is 3. The molecule has 27 nitrogen and oxygen atoms in total. The number of nitrogens with one attached hydrogen (secondary N) is 3. The first-order chi connectivity index (χ1) is 37.8. The zero-order chi connectivity index (χ0) is 59.1. The fourth-order valence-corrected chi connectivity index (χ4v) is 14.8. The van der Waals surface area contributed by atoms with Crippen LogP contribution in [0.1, 0.15) is 105 Å². The van der Waals surface area contributed by atoms with Crippen molar-refractivity contribution in [3.8, 4) is 11.5 Å². The summed E-state index contributed by atoms with van der Waals surface area (Å²) in [5.41, 5.74) is 10.1. The fourth-order valence-electron chi connectivity index (χ4n) is 11.0. The molecule has 11 N–H and O–H groups in total. The van der Waals surface area contributed by atoms with E-state index in [1.54, 1.807) is 0 Å². The van der Waals surface area contributed by atoms with Gasteiger partial charge in [0.1, 0.15) is 30.3 Å². The molecule has 2 unspecified atom stereocenters. The molecule has 1 fully saturated rings. The Balaban J connectivity index is 0.985. The number of nitrogens with two attached hydrogens (primary N) is 1. The predicted molar refractivity (Wildman–Crippen MR) is 297 cm³/mol. The smallest absolute Gasteiger partial charge is 0.478 e. The Morgan fingerprint density at radius 1 is 0.914 bits per heavy atom. The highest BCUT2D eigenvalue weighted by Gasteiger charge is 2.50. The monoisotopic (exact) mass is 1200 g/mol. The molecule has 9 rings (SSSR count). The number of benzene rings is 3. The summed E-state index contributed by atoms with van der Waals surface area (Å²) in [5.74, 6) is -1.25. The van der Waals surface area contributed by atoms with Gasteiger partial charge in [0.15, 0.2) is 29.0 Å². The number of nitrogens with zero attached hydrogens (tertiary/aromatic N) is 5. The molecule has 2 amide bonds. The maximum Gasteiger partial charge on any atom is 0.488 e. The summed E-state index contributed by atoms with van der Waals surface area (Å²) in [6.45, 7) is 11.6. The normalized spacial score (nSPS) is 21.3. The molecule has 3 aromatic carbocycles. The van der Waals surface area contributed by atoms with Gasteiger partial charge in [-0.05, 0) is 106 Å². The van der Waals surface area contributed by atoms with Gasteiger partial charge in [0.2, 0.25) is 11.3 Å². The van der Waals surface area contributed by atoms with E-state index in [1.165, 1.54) is 18.2 Å². The minimum Gasteiger partial charge on any atom is -0.478 e. The van der Waals surface area contributed by atoms with Gasteiger partial charge in [-0.25, -0.2) is 32.6 Å². The highest BCUT2D eigenvalue weighted by molar-refractivity contribution is 8.08. The van der Waals surface area contributed by atoms with Crippen molar-refractivity contribution < 1.29 is 80.7 Å². The van der Waals surface area contributed by atoms with Crippen LogP contribution >= 0.6 is 22.4 Å². The highest BCUT2D eigenvalue weighted by Crippen LogP contribution is 2.66. The first-order valence-electron chi connectivity index (χ1n) is 25.1. The van der Waals surface area contributed by atoms with Gasteiger partial charge < -0.3 is 65.3 Å². The molecular weight excluding hydrogens is 1140 g/mol. The summed E-state index contributed by atoms with van der Waals surface area (Å²) >= 11 is 4.10. The molecule has 2 aromatic heterocycles. The summed E-state index contributed by atoms with van der Waals surface area (Å²) in [7, 11) is -11.4. The lowest BCUT2D eigenvalue weighted by Crippen LogP contribution is -2.49. The molecule has 0 bridgehead atoms. The number of carboxylic acid groups (broad SMARTS) is 1. The molecule has 81 heavy (non-hydrogen) atoms. The molecule has 0 aliphatic carbocycles. The zero-order valence-corrected chi connectivity index (χ0v) is 48.3. The maximum atomic E-state index is 14.1. The number of H-pyrrole nitrogens is 1. The van der Waals surface area contributed by atoms with Crippen molar-refractivity contribution in [3.05, 3.63) is 115 Å². The van der Waals surface area contributed by atoms with E-state index in [0.717, 1.165) is 44.2 Å². The number of hydrogen-bond acceptors (Lipinski definition) is 18. The number of carbonyl (C=O) groups excluding carboxylic acids is 2. The summed E-state index contributed by atoms with van der Waals surface area (Å²) in [6.07, 6.45) is -2.83. The van der Waals surface area contributed by atoms with Crippen LogP contribution < -0.4 is 46.7 Å². The minimum absolute atomic E-state index is 0.0763. The Bertz CT molecular complexity index is 3890. The van der Waals surface area contributed by atoms with Crippen molar-refractivity contribution in [1.82, 2.24) is 34.7 Å². The van der Waals surface area contributed by atoms with Gasteiger partial charge >= 0.3 is 34.4 Å². The molecule has 0 spiro atoms. The van der Waals surface area contributed by atoms with E-state index < -0.39 is 77.0 Å². The van der Waals surface area contributed by atoms with E-state index in [9.17, 15) is 58.1 Å². The minimum atomic E-state index is -5.72. The second-order valence-electron chi connectivity index (χ2n) is 20.5. The number of alkyl carbamates (subject to hydrolysis) is 1. The number of phosphoric acid groups is 2. The molecule has 4 aliphatic rings. The van der Waals surface area contributed by atoms with Crippen LogP contribution in [0.4, 0.5) is 16.4 Å². The number of nitrogen functional groups attached to an aromatic ring is 1. The first-order valence-corrected chi connectivity index (χ1v) is 30.7. The van der Waals surface area contributed by atoms with Crippen LogP contribution in [0, 0.1) is 0 Å². The van der Waals surface area contributed by atoms with Gasteiger partial charge in [-0.2, -0.15) is 9.29 Å². The number of aromatic amines is 1. The Morgan fingerprint density at radius 2 is 1.62 bits per heavy atom. The second-order valence-corrected chi connectivity index (χ2v) is 26.3. The molecule has 1 saturated heterocycles. The van der Waals surface area contributed by atoms with E-state index in [-0.39, 0.29) is 58.0 Å². The number of allylic oxidation sites excluding steroid dienone is 2. The van der Waals surface area contributed by atoms with Crippen LogP contribution in [-0.2, 0) is 43.6 Å². The van der Waals surface area contributed by atoms with Crippen LogP contribution in [0.15, 0.2) is 65.7 Å². The third-order valence-corrected chi connectivity index (χ3v) is 18.5. The first kappa shape index (κ1) is 59.2. The average molecular weight is 1200 g/mol. The molecule has 432 valence electrons. The SMILES string of the molecule is CCN1c2cc3c(cc2C(C)=CC1(C)C)C(c1cc(C(=O)NCCNC(=O)O[C@@H]2[C@H](O)[C@@H](COP(=O)(O)OP(=O)(O)OP(O)(O)=S)O[C@H]2n2cnc4c(=O)[nH]c(N)nc42)ccc1C(=O)O)=c1cc2c(cc1O3)=[N+](CC)C(C)(C)C=C2C. The number of fused-ring (bicyclic) bond motifs is 5. The number of aromatic carboxylic acids is 1. The van der Waals surface area contributed by atoms with Gasteiger partial charge in [0.25, 0.3) is 11.5 Å². The molecule has 0 saturated carbocycles. The number of anilines is 2. The van der Waals surface area contributed by atoms with Crippen LogP contribution in [0.2, 0.25) is 0 Å². The molecule has 0 radical (unpaired) electrons. The fraction of sp³-hybridized carbons (Fsp3) is 0.380. The van der Waals surface area contributed by atoms with Crippen LogP contribution in [0.5, 0.6) is 11.5 Å². The van der Waals surface area contributed by atoms with Crippen molar-refractivity contribution in [2.75, 3.05) is 43.4 Å². The number of aliphatic hydroxyl groups is 1. The Morgan fingerprint density at radius 3 is 2.30 bits per heavy atom. The van der Waals surface area contributed by atoms with Crippen molar-refractivity contribution in [2.45, 2.75) is 91.0 Å². The quantitative estimate of drug-likeness (QED) is 0.0353. The number of aromatic nitrogens is 4. The van der Waals surface area contributed by atoms with Crippen molar-refractivity contribution in [3.63, 3.8) is 0 Å². The number of likely N-dealkylation sites (N-methyl/N-ethyl adjacent to an activating group) is 2. The van der Waals surface area contributed by atoms with Crippen LogP contribution in [0.3, 0.4) is 0 Å². The van der Waals surface area contributed by atoms with Crippen molar-refractivity contribution in [1.29, 1.82) is 0 Å². The lowest BCUT2D eigenvalue weighted by atomic mass is 9.83. The third-order valence-electron chi connectivity index (χ3n) is 14.1. The highest BCUT2D eigenvalue weighted by atomic mass is 32.5. The number of imidazole rings is 1. The lowest BCUT2D eigenvalue weighted by molar-refractivity contribution is -0.0522. The maximum absolute atomic E-state index is 14.1. The third kappa shape index (κ3) is 11.8. The van der Waals surface area contributed by atoms with Gasteiger partial charge in [-0.15, -0.1) is 0 Å². The number of ether oxygens (including phenoxy) is 3. The number of hydrogen-bond donors (Lipinski definition) is 10. The number of carboxylic acids is 1. The molecule has 5 aromatic rings. The number of amides is 2.